The zero-order valence-electron chi connectivity index (χ0n) is 28.3. The molecule has 2 unspecified atom stereocenters. The Labute approximate surface area is 278 Å². The molecule has 0 saturated heterocycles. The van der Waals surface area contributed by atoms with Crippen molar-refractivity contribution in [1.29, 1.82) is 0 Å². The van der Waals surface area contributed by atoms with E-state index in [1.807, 2.05) is 40.9 Å². The lowest BCUT2D eigenvalue weighted by Gasteiger charge is -2.35. The molecule has 0 heterocycles. The molecular formula is C36H52F2N4O3S. The van der Waals surface area contributed by atoms with Crippen LogP contribution in [0, 0.1) is 30.4 Å². The van der Waals surface area contributed by atoms with E-state index in [1.165, 1.54) is 17.0 Å². The van der Waals surface area contributed by atoms with Gasteiger partial charge in [-0.15, -0.1) is 6.58 Å². The molecular weight excluding hydrogens is 606 g/mol. The number of carbonyl (C=O) groups is 3. The molecule has 0 aromatic heterocycles. The van der Waals surface area contributed by atoms with Gasteiger partial charge < -0.3 is 20.9 Å². The second-order valence-corrected chi connectivity index (χ2v) is 13.3. The molecule has 0 aliphatic carbocycles. The minimum absolute atomic E-state index is 0.0461. The van der Waals surface area contributed by atoms with Gasteiger partial charge in [-0.05, 0) is 92.0 Å². The summed E-state index contributed by atoms with van der Waals surface area (Å²) in [5.74, 6) is -1.91. The third kappa shape index (κ3) is 11.8. The predicted molar refractivity (Wildman–Crippen MR) is 185 cm³/mol. The van der Waals surface area contributed by atoms with Crippen molar-refractivity contribution in [1.82, 2.24) is 15.1 Å². The summed E-state index contributed by atoms with van der Waals surface area (Å²) in [6.45, 7) is 15.5. The third-order valence-corrected chi connectivity index (χ3v) is 8.36. The maximum absolute atomic E-state index is 14.5. The molecule has 7 nitrogen and oxygen atoms in total. The highest BCUT2D eigenvalue weighted by molar-refractivity contribution is 7.98. The molecule has 3 amide bonds. The second-order valence-electron chi connectivity index (χ2n) is 12.3. The SMILES string of the molecule is C=CC(CN(C(=O)c1cc(C)cc(C(=O)N(CCC)CCC)c1)[C@@H](CCSC)C(=O)NCC(C)C)C(N)Cc1cc(F)cc(F)c1. The standard InChI is InChI=1S/C36H52F2N4O3S/c1-8-12-41(13-9-2)35(44)28-15-25(6)16-29(20-28)36(45)42(33(11-14-46-7)34(43)40-22-24(4)5)23-27(10-3)32(39)19-26-17-30(37)21-31(38)18-26/h10,15-18,20-21,24,27,32-33H,3,8-9,11-14,19,22-23,39H2,1-2,4-7H3,(H,40,43)/t27?,32?,33-/m0/s1. The van der Waals surface area contributed by atoms with Crippen molar-refractivity contribution in [2.45, 2.75) is 72.4 Å². The largest absolute Gasteiger partial charge is 0.354 e. The van der Waals surface area contributed by atoms with Gasteiger partial charge in [-0.1, -0.05) is 33.8 Å². The van der Waals surface area contributed by atoms with E-state index in [9.17, 15) is 23.2 Å². The van der Waals surface area contributed by atoms with Crippen LogP contribution < -0.4 is 11.1 Å². The first-order chi connectivity index (χ1) is 21.8. The van der Waals surface area contributed by atoms with Gasteiger partial charge in [0.2, 0.25) is 5.91 Å². The monoisotopic (exact) mass is 658 g/mol. The number of nitrogens with zero attached hydrogens (tertiary/aromatic N) is 2. The molecule has 0 radical (unpaired) electrons. The molecule has 46 heavy (non-hydrogen) atoms. The van der Waals surface area contributed by atoms with Gasteiger partial charge >= 0.3 is 0 Å². The van der Waals surface area contributed by atoms with E-state index >= 15 is 0 Å². The molecule has 0 aliphatic heterocycles. The fraction of sp³-hybridized carbons (Fsp3) is 0.528. The van der Waals surface area contributed by atoms with E-state index in [0.29, 0.717) is 48.5 Å². The molecule has 254 valence electrons. The highest BCUT2D eigenvalue weighted by Gasteiger charge is 2.33. The molecule has 0 aliphatic rings. The number of nitrogens with two attached hydrogens (primary N) is 1. The van der Waals surface area contributed by atoms with Gasteiger partial charge in [-0.25, -0.2) is 8.78 Å². The first kappa shape index (κ1) is 38.9. The lowest BCUT2D eigenvalue weighted by molar-refractivity contribution is -0.126. The average Bonchev–Trinajstić information content (AvgIpc) is 2.99. The van der Waals surface area contributed by atoms with E-state index in [0.717, 1.165) is 24.5 Å². The number of hydrogen-bond acceptors (Lipinski definition) is 5. The van der Waals surface area contributed by atoms with Crippen LogP contribution in [0.25, 0.3) is 0 Å². The first-order valence-electron chi connectivity index (χ1n) is 16.2. The molecule has 0 spiro atoms. The summed E-state index contributed by atoms with van der Waals surface area (Å²) < 4.78 is 27.9. The molecule has 2 aromatic carbocycles. The van der Waals surface area contributed by atoms with E-state index in [1.54, 1.807) is 40.9 Å². The van der Waals surface area contributed by atoms with Crippen LogP contribution in [0.4, 0.5) is 8.78 Å². The lowest BCUT2D eigenvalue weighted by Crippen LogP contribution is -2.53. The van der Waals surface area contributed by atoms with E-state index < -0.39 is 35.5 Å². The Morgan fingerprint density at radius 3 is 2.09 bits per heavy atom. The Balaban J connectivity index is 2.58. The molecule has 10 heteroatoms. The number of thioether (sulfide) groups is 1. The summed E-state index contributed by atoms with van der Waals surface area (Å²) in [7, 11) is 0. The number of rotatable bonds is 19. The number of benzene rings is 2. The van der Waals surface area contributed by atoms with Gasteiger partial charge in [0.1, 0.15) is 17.7 Å². The van der Waals surface area contributed by atoms with Crippen LogP contribution in [0.2, 0.25) is 0 Å². The third-order valence-electron chi connectivity index (χ3n) is 7.72. The summed E-state index contributed by atoms with van der Waals surface area (Å²) >= 11 is 1.57. The van der Waals surface area contributed by atoms with Crippen LogP contribution in [0.3, 0.4) is 0 Å². The number of carbonyl (C=O) groups excluding carboxylic acids is 3. The molecule has 0 bridgehead atoms. The molecule has 0 fully saturated rings. The molecule has 0 saturated carbocycles. The van der Waals surface area contributed by atoms with Crippen molar-refractivity contribution < 1.29 is 23.2 Å². The number of aryl methyl sites for hydroxylation is 1. The Bertz CT molecular complexity index is 1300. The quantitative estimate of drug-likeness (QED) is 0.174. The Morgan fingerprint density at radius 1 is 0.978 bits per heavy atom. The minimum atomic E-state index is -0.823. The van der Waals surface area contributed by atoms with E-state index in [2.05, 4.69) is 11.9 Å². The van der Waals surface area contributed by atoms with Crippen molar-refractivity contribution in [2.24, 2.45) is 17.6 Å². The molecule has 3 atom stereocenters. The lowest BCUT2D eigenvalue weighted by atomic mass is 9.92. The zero-order chi connectivity index (χ0) is 34.4. The summed E-state index contributed by atoms with van der Waals surface area (Å²) in [4.78, 5) is 45.1. The first-order valence-corrected chi connectivity index (χ1v) is 17.6. The van der Waals surface area contributed by atoms with Crippen LogP contribution in [0.1, 0.15) is 78.8 Å². The highest BCUT2D eigenvalue weighted by Crippen LogP contribution is 2.22. The topological polar surface area (TPSA) is 95.7 Å². The van der Waals surface area contributed by atoms with Crippen LogP contribution >= 0.6 is 11.8 Å². The zero-order valence-corrected chi connectivity index (χ0v) is 29.1. The Kier molecular flexibility index (Phi) is 16.4. The van der Waals surface area contributed by atoms with Gasteiger partial charge in [0.25, 0.3) is 11.8 Å². The summed E-state index contributed by atoms with van der Waals surface area (Å²) in [5.41, 5.74) is 8.44. The Morgan fingerprint density at radius 2 is 1.57 bits per heavy atom. The van der Waals surface area contributed by atoms with Crippen LogP contribution in [0.15, 0.2) is 49.1 Å². The van der Waals surface area contributed by atoms with Crippen molar-refractivity contribution in [3.8, 4) is 0 Å². The van der Waals surface area contributed by atoms with E-state index in [4.69, 9.17) is 5.73 Å². The van der Waals surface area contributed by atoms with Crippen molar-refractivity contribution in [3.05, 3.63) is 82.9 Å². The van der Waals surface area contributed by atoms with Gasteiger partial charge in [0, 0.05) is 55.3 Å². The van der Waals surface area contributed by atoms with Gasteiger partial charge in [-0.2, -0.15) is 11.8 Å². The predicted octanol–water partition coefficient (Wildman–Crippen LogP) is 6.24. The van der Waals surface area contributed by atoms with Crippen molar-refractivity contribution in [3.63, 3.8) is 0 Å². The van der Waals surface area contributed by atoms with Crippen LogP contribution in [0.5, 0.6) is 0 Å². The molecule has 2 rings (SSSR count). The van der Waals surface area contributed by atoms with Crippen LogP contribution in [-0.4, -0.2) is 77.8 Å². The van der Waals surface area contributed by atoms with Crippen molar-refractivity contribution >= 4 is 29.5 Å². The molecule has 3 N–H and O–H groups in total. The smallest absolute Gasteiger partial charge is 0.254 e. The number of amides is 3. The van der Waals surface area contributed by atoms with Gasteiger partial charge in [-0.3, -0.25) is 14.4 Å². The summed E-state index contributed by atoms with van der Waals surface area (Å²) in [6, 6.07) is 6.92. The van der Waals surface area contributed by atoms with E-state index in [-0.39, 0.29) is 30.7 Å². The fourth-order valence-electron chi connectivity index (χ4n) is 5.43. The number of halogens is 2. The minimum Gasteiger partial charge on any atom is -0.354 e. The summed E-state index contributed by atoms with van der Waals surface area (Å²) in [6.07, 6.45) is 5.71. The maximum Gasteiger partial charge on any atom is 0.254 e. The summed E-state index contributed by atoms with van der Waals surface area (Å²) in [5, 5.41) is 2.99. The normalized spacial score (nSPS) is 13.2. The number of hydrogen-bond donors (Lipinski definition) is 2. The maximum atomic E-state index is 14.5. The highest BCUT2D eigenvalue weighted by atomic mass is 32.2. The van der Waals surface area contributed by atoms with Crippen LogP contribution in [-0.2, 0) is 11.2 Å². The second kappa shape index (κ2) is 19.4. The van der Waals surface area contributed by atoms with Gasteiger partial charge in [0.05, 0.1) is 0 Å². The van der Waals surface area contributed by atoms with Crippen molar-refractivity contribution in [2.75, 3.05) is 38.2 Å². The Hall–Kier alpha value is -3.24. The average molecular weight is 659 g/mol. The van der Waals surface area contributed by atoms with Gasteiger partial charge in [0.15, 0.2) is 0 Å². The fourth-order valence-corrected chi connectivity index (χ4v) is 5.89. The number of nitrogens with one attached hydrogen (secondary N) is 1. The molecule has 2 aromatic rings.